The normalized spacial score (nSPS) is 10.8. The number of hydrogen-bond donors (Lipinski definition) is 1. The third-order valence-corrected chi connectivity index (χ3v) is 5.88. The Morgan fingerprint density at radius 2 is 2.03 bits per heavy atom. The molecule has 7 nitrogen and oxygen atoms in total. The number of anilines is 1. The van der Waals surface area contributed by atoms with Crippen molar-refractivity contribution in [1.29, 1.82) is 0 Å². The first kappa shape index (κ1) is 24.5. The molecule has 0 fully saturated rings. The molecule has 172 valence electrons. The van der Waals surface area contributed by atoms with Crippen LogP contribution in [0.2, 0.25) is 0 Å². The molecule has 1 N–H and O–H groups in total. The van der Waals surface area contributed by atoms with Crippen LogP contribution in [0.5, 0.6) is 11.5 Å². The highest BCUT2D eigenvalue weighted by molar-refractivity contribution is 9.10. The lowest BCUT2D eigenvalue weighted by atomic mass is 10.1. The third-order valence-electron chi connectivity index (χ3n) is 4.48. The van der Waals surface area contributed by atoms with Gasteiger partial charge in [-0.2, -0.15) is 0 Å². The highest BCUT2D eigenvalue weighted by atomic mass is 79.9. The summed E-state index contributed by atoms with van der Waals surface area (Å²) < 4.78 is 16.8. The van der Waals surface area contributed by atoms with E-state index >= 15 is 0 Å². The second kappa shape index (κ2) is 11.6. The molecule has 0 unspecified atom stereocenters. The highest BCUT2D eigenvalue weighted by Crippen LogP contribution is 2.37. The fourth-order valence-corrected chi connectivity index (χ4v) is 4.21. The van der Waals surface area contributed by atoms with Crippen molar-refractivity contribution in [3.8, 4) is 11.5 Å². The number of carbonyl (C=O) groups excluding carboxylic acids is 2. The van der Waals surface area contributed by atoms with Gasteiger partial charge < -0.3 is 14.2 Å². The molecule has 3 aromatic rings. The number of hydrogen-bond acceptors (Lipinski definition) is 7. The number of ether oxygens (including phenoxy) is 3. The molecular weight excluding hydrogens is 508 g/mol. The average molecular weight is 531 g/mol. The molecule has 3 rings (SSSR count). The number of esters is 1. The molecule has 1 heterocycles. The van der Waals surface area contributed by atoms with Gasteiger partial charge in [0.2, 0.25) is 5.91 Å². The summed E-state index contributed by atoms with van der Waals surface area (Å²) in [5.74, 6) is 0.402. The molecule has 0 aliphatic carbocycles. The number of amides is 1. The molecule has 9 heteroatoms. The van der Waals surface area contributed by atoms with Gasteiger partial charge in [0.05, 0.1) is 30.8 Å². The van der Waals surface area contributed by atoms with Crippen LogP contribution in [-0.2, 0) is 27.4 Å². The quantitative estimate of drug-likeness (QED) is 0.303. The van der Waals surface area contributed by atoms with Crippen LogP contribution < -0.4 is 14.8 Å². The minimum Gasteiger partial charge on any atom is -0.493 e. The minimum atomic E-state index is -0.385. The van der Waals surface area contributed by atoms with Crippen LogP contribution in [0.15, 0.2) is 52.3 Å². The van der Waals surface area contributed by atoms with E-state index < -0.39 is 0 Å². The van der Waals surface area contributed by atoms with Crippen molar-refractivity contribution in [3.05, 3.63) is 74.7 Å². The Bertz CT molecular complexity index is 1180. The lowest BCUT2D eigenvalue weighted by molar-refractivity contribution is -0.139. The Hall–Kier alpha value is -3.17. The minimum absolute atomic E-state index is 0.0603. The second-order valence-corrected chi connectivity index (χ2v) is 8.74. The molecule has 0 saturated carbocycles. The zero-order chi connectivity index (χ0) is 23.8. The van der Waals surface area contributed by atoms with Gasteiger partial charge in [0, 0.05) is 11.5 Å². The van der Waals surface area contributed by atoms with Crippen molar-refractivity contribution >= 4 is 50.4 Å². The third kappa shape index (κ3) is 7.16. The topological polar surface area (TPSA) is 86.8 Å². The number of nitrogens with one attached hydrogen (secondary N) is 1. The maximum atomic E-state index is 12.3. The number of benzene rings is 2. The average Bonchev–Trinajstić information content (AvgIpc) is 3.22. The Balaban J connectivity index is 1.65. The summed E-state index contributed by atoms with van der Waals surface area (Å²) in [6.07, 6.45) is 3.12. The van der Waals surface area contributed by atoms with Gasteiger partial charge >= 0.3 is 5.97 Å². The van der Waals surface area contributed by atoms with Gasteiger partial charge in [-0.15, -0.1) is 11.3 Å². The zero-order valence-corrected chi connectivity index (χ0v) is 20.8. The first-order valence-electron chi connectivity index (χ1n) is 9.94. The number of rotatable bonds is 9. The fourth-order valence-electron chi connectivity index (χ4n) is 2.92. The predicted molar refractivity (Wildman–Crippen MR) is 132 cm³/mol. The maximum absolute atomic E-state index is 12.3. The smallest absolute Gasteiger partial charge is 0.311 e. The molecule has 33 heavy (non-hydrogen) atoms. The van der Waals surface area contributed by atoms with Crippen molar-refractivity contribution in [3.63, 3.8) is 0 Å². The van der Waals surface area contributed by atoms with E-state index in [1.54, 1.807) is 24.6 Å². The van der Waals surface area contributed by atoms with Crippen molar-refractivity contribution in [2.45, 2.75) is 20.0 Å². The number of aromatic nitrogens is 1. The van der Waals surface area contributed by atoms with Crippen LogP contribution in [0.1, 0.15) is 22.4 Å². The first-order valence-corrected chi connectivity index (χ1v) is 11.6. The molecule has 0 aliphatic heterocycles. The summed E-state index contributed by atoms with van der Waals surface area (Å²) >= 11 is 4.77. The number of carbonyl (C=O) groups is 2. The number of aryl methyl sites for hydroxylation is 1. The van der Waals surface area contributed by atoms with Crippen molar-refractivity contribution in [1.82, 2.24) is 4.98 Å². The molecule has 1 amide bonds. The molecule has 0 bridgehead atoms. The van der Waals surface area contributed by atoms with E-state index in [0.29, 0.717) is 33.4 Å². The maximum Gasteiger partial charge on any atom is 0.311 e. The number of nitrogens with zero attached hydrogens (tertiary/aromatic N) is 1. The second-order valence-electron chi connectivity index (χ2n) is 7.03. The largest absolute Gasteiger partial charge is 0.493 e. The molecule has 0 radical (unpaired) electrons. The van der Waals surface area contributed by atoms with Crippen LogP contribution in [0.3, 0.4) is 0 Å². The van der Waals surface area contributed by atoms with Crippen LogP contribution in [-0.4, -0.2) is 31.1 Å². The summed E-state index contributed by atoms with van der Waals surface area (Å²) in [7, 11) is 2.88. The molecule has 1 aromatic heterocycles. The summed E-state index contributed by atoms with van der Waals surface area (Å²) in [6.45, 7) is 2.44. The van der Waals surface area contributed by atoms with Gasteiger partial charge in [-0.25, -0.2) is 4.98 Å². The van der Waals surface area contributed by atoms with Gasteiger partial charge in [0.15, 0.2) is 16.6 Å². The van der Waals surface area contributed by atoms with Gasteiger partial charge in [0.25, 0.3) is 0 Å². The van der Waals surface area contributed by atoms with E-state index in [0.717, 1.165) is 11.1 Å². The molecule has 0 saturated heterocycles. The van der Waals surface area contributed by atoms with Gasteiger partial charge in [-0.3, -0.25) is 14.9 Å². The highest BCUT2D eigenvalue weighted by Gasteiger charge is 2.12. The van der Waals surface area contributed by atoms with E-state index in [2.05, 4.69) is 37.0 Å². The van der Waals surface area contributed by atoms with Crippen molar-refractivity contribution in [2.24, 2.45) is 0 Å². The summed E-state index contributed by atoms with van der Waals surface area (Å²) in [6, 6.07) is 11.7. The van der Waals surface area contributed by atoms with Crippen LogP contribution in [0, 0.1) is 6.92 Å². The predicted octanol–water partition coefficient (Wildman–Crippen LogP) is 5.17. The molecule has 0 atom stereocenters. The fraction of sp³-hybridized carbons (Fsp3) is 0.208. The Labute approximate surface area is 204 Å². The van der Waals surface area contributed by atoms with Crippen LogP contribution in [0.4, 0.5) is 5.13 Å². The van der Waals surface area contributed by atoms with Crippen LogP contribution in [0.25, 0.3) is 6.08 Å². The van der Waals surface area contributed by atoms with Gasteiger partial charge in [-0.1, -0.05) is 29.8 Å². The van der Waals surface area contributed by atoms with E-state index in [9.17, 15) is 9.59 Å². The summed E-state index contributed by atoms with van der Waals surface area (Å²) in [5.41, 5.74) is 3.52. The van der Waals surface area contributed by atoms with E-state index in [1.165, 1.54) is 30.1 Å². The summed E-state index contributed by atoms with van der Waals surface area (Å²) in [4.78, 5) is 27.8. The lowest BCUT2D eigenvalue weighted by Crippen LogP contribution is -2.08. The Morgan fingerprint density at radius 3 is 2.76 bits per heavy atom. The molecular formula is C24H23BrN2O5S. The standard InChI is InChI=1S/C24H23BrN2O5S/c1-15-5-4-6-17(9-15)13-32-23-19(25)10-16(11-20(23)30-2)7-8-21(28)27-24-26-18(14-33-24)12-22(29)31-3/h4-11,14H,12-13H2,1-3H3,(H,26,27,28)/b8-7+. The number of halogens is 1. The zero-order valence-electron chi connectivity index (χ0n) is 18.4. The Morgan fingerprint density at radius 1 is 1.21 bits per heavy atom. The van der Waals surface area contributed by atoms with Gasteiger partial charge in [0.1, 0.15) is 6.61 Å². The summed E-state index contributed by atoms with van der Waals surface area (Å²) in [5, 5.41) is 4.79. The van der Waals surface area contributed by atoms with E-state index in [-0.39, 0.29) is 18.3 Å². The van der Waals surface area contributed by atoms with Crippen molar-refractivity contribution in [2.75, 3.05) is 19.5 Å². The molecule has 2 aromatic carbocycles. The first-order chi connectivity index (χ1) is 15.9. The molecule has 0 aliphatic rings. The van der Waals surface area contributed by atoms with Crippen LogP contribution >= 0.6 is 27.3 Å². The lowest BCUT2D eigenvalue weighted by Gasteiger charge is -2.14. The number of methoxy groups -OCH3 is 2. The molecule has 0 spiro atoms. The van der Waals surface area contributed by atoms with Gasteiger partial charge in [-0.05, 0) is 52.2 Å². The van der Waals surface area contributed by atoms with E-state index in [4.69, 9.17) is 9.47 Å². The van der Waals surface area contributed by atoms with Crippen molar-refractivity contribution < 1.29 is 23.8 Å². The number of thiazole rings is 1. The SMILES string of the molecule is COC(=O)Cc1csc(NC(=O)/C=C/c2cc(Br)c(OCc3cccc(C)c3)c(OC)c2)n1. The Kier molecular flexibility index (Phi) is 8.62. The monoisotopic (exact) mass is 530 g/mol. The van der Waals surface area contributed by atoms with E-state index in [1.807, 2.05) is 31.2 Å².